The van der Waals surface area contributed by atoms with Crippen molar-refractivity contribution in [1.29, 1.82) is 0 Å². The fourth-order valence-electron chi connectivity index (χ4n) is 1.64. The summed E-state index contributed by atoms with van der Waals surface area (Å²) in [5.74, 6) is -0.466. The smallest absolute Gasteiger partial charge is 0.265 e. The highest BCUT2D eigenvalue weighted by Crippen LogP contribution is 2.24. The lowest BCUT2D eigenvalue weighted by Gasteiger charge is -1.98. The van der Waals surface area contributed by atoms with Crippen molar-refractivity contribution in [1.82, 2.24) is 20.0 Å². The van der Waals surface area contributed by atoms with Crippen molar-refractivity contribution in [2.45, 2.75) is 0 Å². The van der Waals surface area contributed by atoms with E-state index in [9.17, 15) is 4.79 Å². The molecule has 0 aliphatic heterocycles. The normalized spacial score (nSPS) is 10.6. The Morgan fingerprint density at radius 1 is 1.16 bits per heavy atom. The van der Waals surface area contributed by atoms with Crippen LogP contribution in [-0.2, 0) is 0 Å². The maximum absolute atomic E-state index is 11.3. The molecule has 94 valence electrons. The van der Waals surface area contributed by atoms with Crippen molar-refractivity contribution >= 4 is 39.9 Å². The van der Waals surface area contributed by atoms with Gasteiger partial charge < -0.3 is 0 Å². The monoisotopic (exact) mass is 290 g/mol. The Bertz CT molecular complexity index is 758. The molecule has 3 rings (SSSR count). The molecule has 5 nitrogen and oxygen atoms in total. The predicted molar refractivity (Wildman–Crippen MR) is 74.0 cm³/mol. The second-order valence-corrected chi connectivity index (χ2v) is 4.89. The maximum atomic E-state index is 11.3. The van der Waals surface area contributed by atoms with Gasteiger partial charge in [0.15, 0.2) is 5.01 Å². The predicted octanol–water partition coefficient (Wildman–Crippen LogP) is 2.64. The fraction of sp³-hybridized carbons (Fsp3) is 0. The Morgan fingerprint density at radius 3 is 2.84 bits per heavy atom. The zero-order valence-corrected chi connectivity index (χ0v) is 11.1. The Balaban J connectivity index is 2.04. The van der Waals surface area contributed by atoms with Gasteiger partial charge in [-0.1, -0.05) is 35.6 Å². The van der Waals surface area contributed by atoms with E-state index in [1.165, 1.54) is 0 Å². The van der Waals surface area contributed by atoms with E-state index >= 15 is 0 Å². The van der Waals surface area contributed by atoms with Gasteiger partial charge in [-0.2, -0.15) is 0 Å². The van der Waals surface area contributed by atoms with Crippen molar-refractivity contribution < 1.29 is 4.79 Å². The van der Waals surface area contributed by atoms with Crippen LogP contribution in [0.3, 0.4) is 0 Å². The van der Waals surface area contributed by atoms with Gasteiger partial charge in [0, 0.05) is 17.2 Å². The third-order valence-electron chi connectivity index (χ3n) is 2.52. The number of carbonyl (C=O) groups excluding carboxylic acids is 1. The number of hydrogen-bond acceptors (Lipinski definition) is 5. The lowest BCUT2D eigenvalue weighted by molar-refractivity contribution is 0.0981. The highest BCUT2D eigenvalue weighted by atomic mass is 35.5. The average Bonchev–Trinajstić information content (AvgIpc) is 2.95. The van der Waals surface area contributed by atoms with E-state index in [2.05, 4.69) is 15.2 Å². The number of amides is 1. The van der Waals surface area contributed by atoms with Gasteiger partial charge in [0.2, 0.25) is 5.01 Å². The van der Waals surface area contributed by atoms with E-state index in [1.807, 2.05) is 41.2 Å². The first-order valence-corrected chi connectivity index (χ1v) is 6.58. The summed E-state index contributed by atoms with van der Waals surface area (Å²) in [4.78, 5) is 17.8. The Kier molecular flexibility index (Phi) is 3.10. The third-order valence-corrected chi connectivity index (χ3v) is 3.64. The van der Waals surface area contributed by atoms with Crippen LogP contribution in [0, 0.1) is 0 Å². The number of rotatable bonds is 2. The van der Waals surface area contributed by atoms with Crippen LogP contribution in [-0.4, -0.2) is 21.1 Å². The zero-order chi connectivity index (χ0) is 13.2. The van der Waals surface area contributed by atoms with Crippen LogP contribution in [0.2, 0.25) is 0 Å². The van der Waals surface area contributed by atoms with E-state index in [-0.39, 0.29) is 5.01 Å². The second kappa shape index (κ2) is 4.91. The number of pyridine rings is 1. The van der Waals surface area contributed by atoms with Gasteiger partial charge in [-0.3, -0.25) is 9.63 Å². The van der Waals surface area contributed by atoms with Gasteiger partial charge in [0.1, 0.15) is 5.69 Å². The van der Waals surface area contributed by atoms with Gasteiger partial charge in [-0.05, 0) is 12.1 Å². The lowest BCUT2D eigenvalue weighted by atomic mass is 10.2. The highest BCUT2D eigenvalue weighted by Gasteiger charge is 2.13. The van der Waals surface area contributed by atoms with Crippen LogP contribution in [0.5, 0.6) is 0 Å². The van der Waals surface area contributed by atoms with Gasteiger partial charge >= 0.3 is 0 Å². The Hall–Kier alpha value is -2.05. The average molecular weight is 291 g/mol. The minimum atomic E-state index is -0.466. The molecule has 0 aliphatic carbocycles. The molecule has 2 aromatic heterocycles. The summed E-state index contributed by atoms with van der Waals surface area (Å²) >= 11 is 6.39. The molecule has 0 radical (unpaired) electrons. The number of hydrogen-bond donors (Lipinski definition) is 1. The minimum Gasteiger partial charge on any atom is -0.265 e. The summed E-state index contributed by atoms with van der Waals surface area (Å²) in [5, 5.41) is 9.57. The molecule has 19 heavy (non-hydrogen) atoms. The van der Waals surface area contributed by atoms with Gasteiger partial charge in [0.05, 0.1) is 5.52 Å². The standard InChI is InChI=1S/C12H7ClN4OS/c13-15-10(18)12-17-16-11(19-12)9-6-5-7-3-1-2-4-8(7)14-9/h1-6H,(H,15,18). The molecular formula is C12H7ClN4OS. The largest absolute Gasteiger partial charge is 0.296 e. The molecular weight excluding hydrogens is 284 g/mol. The summed E-state index contributed by atoms with van der Waals surface area (Å²) in [6.45, 7) is 0. The molecule has 0 bridgehead atoms. The van der Waals surface area contributed by atoms with Crippen LogP contribution < -0.4 is 4.84 Å². The van der Waals surface area contributed by atoms with Crippen LogP contribution in [0.15, 0.2) is 36.4 Å². The van der Waals surface area contributed by atoms with Crippen LogP contribution in [0.25, 0.3) is 21.6 Å². The van der Waals surface area contributed by atoms with E-state index in [0.717, 1.165) is 22.2 Å². The molecule has 0 saturated heterocycles. The SMILES string of the molecule is O=C(NCl)c1nnc(-c2ccc3ccccc3n2)s1. The molecule has 0 aliphatic rings. The first kappa shape index (κ1) is 12.0. The van der Waals surface area contributed by atoms with Gasteiger partial charge in [0.25, 0.3) is 5.91 Å². The zero-order valence-electron chi connectivity index (χ0n) is 9.50. The first-order chi connectivity index (χ1) is 9.28. The van der Waals surface area contributed by atoms with Crippen molar-refractivity contribution in [2.24, 2.45) is 0 Å². The van der Waals surface area contributed by atoms with E-state index in [0.29, 0.717) is 10.7 Å². The topological polar surface area (TPSA) is 67.8 Å². The Morgan fingerprint density at radius 2 is 2.00 bits per heavy atom. The second-order valence-electron chi connectivity index (χ2n) is 3.73. The number of carbonyl (C=O) groups is 1. The van der Waals surface area contributed by atoms with E-state index in [4.69, 9.17) is 11.8 Å². The third kappa shape index (κ3) is 2.27. The minimum absolute atomic E-state index is 0.208. The summed E-state index contributed by atoms with van der Waals surface area (Å²) in [5.41, 5.74) is 1.56. The molecule has 1 aromatic carbocycles. The van der Waals surface area contributed by atoms with Crippen LogP contribution in [0.4, 0.5) is 0 Å². The number of fused-ring (bicyclic) bond motifs is 1. The molecule has 0 unspecified atom stereocenters. The first-order valence-electron chi connectivity index (χ1n) is 5.38. The lowest BCUT2D eigenvalue weighted by Crippen LogP contribution is -2.11. The van der Waals surface area contributed by atoms with Crippen molar-refractivity contribution in [3.8, 4) is 10.7 Å². The molecule has 0 atom stereocenters. The number of nitrogens with one attached hydrogen (secondary N) is 1. The van der Waals surface area contributed by atoms with E-state index in [1.54, 1.807) is 0 Å². The maximum Gasteiger partial charge on any atom is 0.296 e. The molecule has 2 heterocycles. The van der Waals surface area contributed by atoms with Gasteiger partial charge in [-0.25, -0.2) is 4.98 Å². The summed E-state index contributed by atoms with van der Waals surface area (Å²) in [6, 6.07) is 11.6. The molecule has 3 aromatic rings. The molecule has 0 saturated carbocycles. The van der Waals surface area contributed by atoms with Gasteiger partial charge in [-0.15, -0.1) is 10.2 Å². The van der Waals surface area contributed by atoms with Crippen LogP contribution in [0.1, 0.15) is 9.80 Å². The number of nitrogens with zero attached hydrogens (tertiary/aromatic N) is 3. The van der Waals surface area contributed by atoms with Crippen LogP contribution >= 0.6 is 23.1 Å². The molecule has 0 spiro atoms. The molecule has 1 N–H and O–H groups in total. The molecule has 0 fully saturated rings. The van der Waals surface area contributed by atoms with E-state index < -0.39 is 5.91 Å². The summed E-state index contributed by atoms with van der Waals surface area (Å²) < 4.78 is 0. The van der Waals surface area contributed by atoms with Crippen molar-refractivity contribution in [2.75, 3.05) is 0 Å². The van der Waals surface area contributed by atoms with Crippen molar-refractivity contribution in [3.05, 3.63) is 41.4 Å². The van der Waals surface area contributed by atoms with Crippen molar-refractivity contribution in [3.63, 3.8) is 0 Å². The summed E-state index contributed by atoms with van der Waals surface area (Å²) in [7, 11) is 0. The number of aromatic nitrogens is 3. The number of halogens is 1. The fourth-order valence-corrected chi connectivity index (χ4v) is 2.50. The number of benzene rings is 1. The number of para-hydroxylation sites is 1. The quantitative estimate of drug-likeness (QED) is 0.737. The molecule has 1 amide bonds. The highest BCUT2D eigenvalue weighted by molar-refractivity contribution is 7.16. The molecule has 7 heteroatoms. The summed E-state index contributed by atoms with van der Waals surface area (Å²) in [6.07, 6.45) is 0. The Labute approximate surface area is 117 Å².